The van der Waals surface area contributed by atoms with E-state index >= 15 is 0 Å². The quantitative estimate of drug-likeness (QED) is 0.768. The number of hydrogen-bond donors (Lipinski definition) is 1. The van der Waals surface area contributed by atoms with E-state index in [2.05, 4.69) is 11.4 Å². The number of anilines is 1. The molecule has 14 heavy (non-hydrogen) atoms. The number of nitrogens with one attached hydrogen (secondary N) is 1. The van der Waals surface area contributed by atoms with Gasteiger partial charge in [-0.05, 0) is 25.5 Å². The second-order valence-electron chi connectivity index (χ2n) is 3.96. The van der Waals surface area contributed by atoms with Gasteiger partial charge in [-0.2, -0.15) is 0 Å². The molecule has 0 atom stereocenters. The van der Waals surface area contributed by atoms with E-state index in [0.717, 1.165) is 11.3 Å². The molecule has 1 amide bonds. The van der Waals surface area contributed by atoms with Crippen molar-refractivity contribution in [2.45, 2.75) is 27.7 Å². The van der Waals surface area contributed by atoms with E-state index in [1.165, 1.54) is 5.56 Å². The van der Waals surface area contributed by atoms with Crippen LogP contribution in [0.2, 0.25) is 0 Å². The molecule has 2 nitrogen and oxygen atoms in total. The molecule has 78 valence electrons. The molecule has 1 aromatic rings. The van der Waals surface area contributed by atoms with Gasteiger partial charge in [0, 0.05) is 13.0 Å². The summed E-state index contributed by atoms with van der Waals surface area (Å²) in [5.41, 5.74) is 3.23. The van der Waals surface area contributed by atoms with Crippen LogP contribution in [0.3, 0.4) is 0 Å². The van der Waals surface area contributed by atoms with Crippen molar-refractivity contribution in [3.8, 4) is 0 Å². The third-order valence-electron chi connectivity index (χ3n) is 2.16. The van der Waals surface area contributed by atoms with E-state index in [4.69, 9.17) is 0 Å². The molecule has 0 spiro atoms. The fourth-order valence-corrected chi connectivity index (χ4v) is 1.23. The Morgan fingerprint density at radius 1 is 1.36 bits per heavy atom. The zero-order chi connectivity index (χ0) is 10.7. The minimum atomic E-state index is 0. The normalized spacial score (nSPS) is 10.4. The van der Waals surface area contributed by atoms with Crippen LogP contribution in [0.4, 0.5) is 5.69 Å². The average Bonchev–Trinajstić information content (AvgIpc) is 2.09. The third-order valence-corrected chi connectivity index (χ3v) is 2.16. The second-order valence-corrected chi connectivity index (χ2v) is 3.96. The molecule has 2 heteroatoms. The maximum Gasteiger partial charge on any atom is 0.226 e. The summed E-state index contributed by atoms with van der Waals surface area (Å²) >= 11 is 0. The molecule has 0 aliphatic carbocycles. The van der Waals surface area contributed by atoms with Gasteiger partial charge in [0.15, 0.2) is 0 Å². The lowest BCUT2D eigenvalue weighted by atomic mass is 10.1. The number of rotatable bonds is 2. The Kier molecular flexibility index (Phi) is 3.28. The number of amides is 1. The van der Waals surface area contributed by atoms with Crippen LogP contribution in [-0.4, -0.2) is 5.91 Å². The van der Waals surface area contributed by atoms with E-state index in [1.807, 2.05) is 39.8 Å². The Morgan fingerprint density at radius 3 is 2.50 bits per heavy atom. The van der Waals surface area contributed by atoms with Crippen molar-refractivity contribution in [3.63, 3.8) is 0 Å². The summed E-state index contributed by atoms with van der Waals surface area (Å²) in [5.74, 6) is 0.0904. The van der Waals surface area contributed by atoms with Gasteiger partial charge in [0.2, 0.25) is 5.91 Å². The molecule has 0 aliphatic rings. The smallest absolute Gasteiger partial charge is 0.226 e. The van der Waals surface area contributed by atoms with Crippen LogP contribution in [0.25, 0.3) is 0 Å². The van der Waals surface area contributed by atoms with Crippen molar-refractivity contribution in [3.05, 3.63) is 29.3 Å². The number of carbonyl (C=O) groups is 1. The number of benzene rings is 1. The molecule has 1 N–H and O–H groups in total. The summed E-state index contributed by atoms with van der Waals surface area (Å²) in [6.45, 7) is 7.82. The van der Waals surface area contributed by atoms with Crippen molar-refractivity contribution in [2.75, 3.05) is 5.32 Å². The molecule has 0 bridgehead atoms. The summed E-state index contributed by atoms with van der Waals surface area (Å²) < 4.78 is 0. The highest BCUT2D eigenvalue weighted by atomic mass is 16.1. The Morgan fingerprint density at radius 2 is 2.00 bits per heavy atom. The minimum absolute atomic E-state index is 0. The Bertz CT molecular complexity index is 347. The summed E-state index contributed by atoms with van der Waals surface area (Å²) in [7, 11) is 0. The van der Waals surface area contributed by atoms with Crippen LogP contribution in [0.15, 0.2) is 18.2 Å². The predicted molar refractivity (Wildman–Crippen MR) is 61.5 cm³/mol. The maximum absolute atomic E-state index is 11.4. The molecule has 0 heterocycles. The molecule has 0 radical (unpaired) electrons. The molecular weight excluding hydrogens is 174 g/mol. The van der Waals surface area contributed by atoms with E-state index in [1.54, 1.807) is 0 Å². The van der Waals surface area contributed by atoms with E-state index < -0.39 is 0 Å². The Balaban J connectivity index is 0.00000196. The third kappa shape index (κ3) is 2.59. The van der Waals surface area contributed by atoms with Crippen molar-refractivity contribution in [1.29, 1.82) is 0 Å². The molecule has 1 rings (SSSR count). The van der Waals surface area contributed by atoms with Gasteiger partial charge in [-0.25, -0.2) is 0 Å². The summed E-state index contributed by atoms with van der Waals surface area (Å²) in [6.07, 6.45) is 0. The molecule has 0 aliphatic heterocycles. The first-order valence-electron chi connectivity index (χ1n) is 4.89. The monoisotopic (exact) mass is 193 g/mol. The SMILES string of the molecule is Cc1ccc(NC(=O)C(C)C)c(C)c1.[HH]. The Hall–Kier alpha value is -1.31. The molecule has 0 saturated heterocycles. The van der Waals surface area contributed by atoms with Crippen molar-refractivity contribution >= 4 is 11.6 Å². The van der Waals surface area contributed by atoms with Gasteiger partial charge in [-0.1, -0.05) is 31.5 Å². The predicted octanol–water partition coefficient (Wildman–Crippen LogP) is 3.14. The number of aryl methyl sites for hydroxylation is 2. The molecule has 0 unspecified atom stereocenters. The number of hydrogen-bond acceptors (Lipinski definition) is 1. The van der Waals surface area contributed by atoms with Crippen molar-refractivity contribution in [2.24, 2.45) is 5.92 Å². The molecule has 0 fully saturated rings. The minimum Gasteiger partial charge on any atom is -0.326 e. The van der Waals surface area contributed by atoms with Gasteiger partial charge in [0.1, 0.15) is 0 Å². The van der Waals surface area contributed by atoms with Crippen LogP contribution >= 0.6 is 0 Å². The topological polar surface area (TPSA) is 29.1 Å². The van der Waals surface area contributed by atoms with Crippen LogP contribution in [-0.2, 0) is 4.79 Å². The van der Waals surface area contributed by atoms with E-state index in [0.29, 0.717) is 0 Å². The van der Waals surface area contributed by atoms with Gasteiger partial charge in [-0.3, -0.25) is 4.79 Å². The van der Waals surface area contributed by atoms with Crippen LogP contribution in [0.5, 0.6) is 0 Å². The highest BCUT2D eigenvalue weighted by Crippen LogP contribution is 2.16. The highest BCUT2D eigenvalue weighted by molar-refractivity contribution is 5.92. The first kappa shape index (κ1) is 10.8. The zero-order valence-electron chi connectivity index (χ0n) is 9.22. The lowest BCUT2D eigenvalue weighted by Crippen LogP contribution is -2.18. The van der Waals surface area contributed by atoms with Gasteiger partial charge in [0.25, 0.3) is 0 Å². The van der Waals surface area contributed by atoms with Crippen molar-refractivity contribution < 1.29 is 6.22 Å². The van der Waals surface area contributed by atoms with Gasteiger partial charge < -0.3 is 5.32 Å². The molecular formula is C12H19NO. The lowest BCUT2D eigenvalue weighted by molar-refractivity contribution is -0.118. The van der Waals surface area contributed by atoms with E-state index in [9.17, 15) is 4.79 Å². The van der Waals surface area contributed by atoms with E-state index in [-0.39, 0.29) is 13.3 Å². The first-order chi connectivity index (χ1) is 6.50. The summed E-state index contributed by atoms with van der Waals surface area (Å²) in [6, 6.07) is 6.02. The molecule has 0 saturated carbocycles. The molecule has 1 aromatic carbocycles. The van der Waals surface area contributed by atoms with Crippen LogP contribution in [0, 0.1) is 19.8 Å². The zero-order valence-corrected chi connectivity index (χ0v) is 9.22. The Labute approximate surface area is 86.8 Å². The van der Waals surface area contributed by atoms with Crippen molar-refractivity contribution in [1.82, 2.24) is 0 Å². The van der Waals surface area contributed by atoms with Crippen LogP contribution in [0.1, 0.15) is 26.4 Å². The largest absolute Gasteiger partial charge is 0.326 e. The fraction of sp³-hybridized carbons (Fsp3) is 0.417. The lowest BCUT2D eigenvalue weighted by Gasteiger charge is -2.10. The highest BCUT2D eigenvalue weighted by Gasteiger charge is 2.08. The number of carbonyl (C=O) groups excluding carboxylic acids is 1. The standard InChI is InChI=1S/C12H17NO.H2/c1-8(2)12(14)13-11-6-5-9(3)7-10(11)4;/h5-8H,1-4H3,(H,13,14);1H. The van der Waals surface area contributed by atoms with Gasteiger partial charge in [-0.15, -0.1) is 0 Å². The average molecular weight is 193 g/mol. The van der Waals surface area contributed by atoms with Gasteiger partial charge in [0.05, 0.1) is 0 Å². The fourth-order valence-electron chi connectivity index (χ4n) is 1.23. The van der Waals surface area contributed by atoms with Crippen LogP contribution < -0.4 is 5.32 Å². The summed E-state index contributed by atoms with van der Waals surface area (Å²) in [5, 5.41) is 2.90. The maximum atomic E-state index is 11.4. The molecule has 0 aromatic heterocycles. The summed E-state index contributed by atoms with van der Waals surface area (Å²) in [4.78, 5) is 11.4. The first-order valence-corrected chi connectivity index (χ1v) is 4.89. The van der Waals surface area contributed by atoms with Gasteiger partial charge >= 0.3 is 0 Å². The second kappa shape index (κ2) is 4.27.